The van der Waals surface area contributed by atoms with Gasteiger partial charge in [0, 0.05) is 36.8 Å². The molecule has 2 N–H and O–H groups in total. The zero-order valence-electron chi connectivity index (χ0n) is 10.1. The lowest BCUT2D eigenvalue weighted by Crippen LogP contribution is -2.64. The van der Waals surface area contributed by atoms with Gasteiger partial charge in [0.2, 0.25) is 0 Å². The molecule has 0 amide bonds. The van der Waals surface area contributed by atoms with E-state index in [9.17, 15) is 0 Å². The highest BCUT2D eigenvalue weighted by Gasteiger charge is 2.34. The Balaban J connectivity index is 1.78. The molecule has 3 rings (SSSR count). The van der Waals surface area contributed by atoms with Crippen molar-refractivity contribution in [2.24, 2.45) is 5.73 Å². The van der Waals surface area contributed by atoms with Crippen molar-refractivity contribution in [3.8, 4) is 0 Å². The number of rotatable bonds is 2. The predicted molar refractivity (Wildman–Crippen MR) is 69.6 cm³/mol. The highest BCUT2D eigenvalue weighted by atomic mass is 15.2. The summed E-state index contributed by atoms with van der Waals surface area (Å²) >= 11 is 0. The number of aromatic nitrogens is 1. The fourth-order valence-electron chi connectivity index (χ4n) is 2.55. The lowest BCUT2D eigenvalue weighted by molar-refractivity contribution is 0.0764. The highest BCUT2D eigenvalue weighted by molar-refractivity contribution is 5.78. The Morgan fingerprint density at radius 3 is 2.88 bits per heavy atom. The first-order valence-corrected chi connectivity index (χ1v) is 5.97. The molecule has 1 fully saturated rings. The van der Waals surface area contributed by atoms with Gasteiger partial charge in [0.1, 0.15) is 0 Å². The van der Waals surface area contributed by atoms with Gasteiger partial charge in [0.05, 0.1) is 5.52 Å². The average molecular weight is 227 g/mol. The molecule has 1 aromatic carbocycles. The van der Waals surface area contributed by atoms with Crippen LogP contribution in [0.4, 0.5) is 0 Å². The Morgan fingerprint density at radius 1 is 1.35 bits per heavy atom. The van der Waals surface area contributed by atoms with Gasteiger partial charge >= 0.3 is 0 Å². The second kappa shape index (κ2) is 3.79. The average Bonchev–Trinajstić information content (AvgIpc) is 2.26. The summed E-state index contributed by atoms with van der Waals surface area (Å²) in [5.41, 5.74) is 8.33. The predicted octanol–water partition coefficient (Wildman–Crippen LogP) is 1.77. The van der Waals surface area contributed by atoms with Crippen molar-refractivity contribution in [2.75, 3.05) is 13.1 Å². The van der Waals surface area contributed by atoms with E-state index in [0.717, 1.165) is 25.2 Å². The summed E-state index contributed by atoms with van der Waals surface area (Å²) in [4.78, 5) is 6.82. The molecule has 0 saturated carbocycles. The summed E-state index contributed by atoms with van der Waals surface area (Å²) in [6.45, 7) is 4.99. The summed E-state index contributed by atoms with van der Waals surface area (Å²) < 4.78 is 0. The van der Waals surface area contributed by atoms with E-state index in [2.05, 4.69) is 28.9 Å². The Labute approximate surface area is 101 Å². The van der Waals surface area contributed by atoms with Gasteiger partial charge in [0.15, 0.2) is 0 Å². The molecule has 3 heteroatoms. The van der Waals surface area contributed by atoms with E-state index in [1.54, 1.807) is 0 Å². The minimum atomic E-state index is 0.00424. The van der Waals surface area contributed by atoms with E-state index >= 15 is 0 Å². The van der Waals surface area contributed by atoms with Crippen molar-refractivity contribution >= 4 is 10.9 Å². The van der Waals surface area contributed by atoms with E-state index in [1.165, 1.54) is 10.9 Å². The van der Waals surface area contributed by atoms with Crippen molar-refractivity contribution in [3.63, 3.8) is 0 Å². The number of fused-ring (bicyclic) bond motifs is 1. The molecule has 1 aromatic heterocycles. The number of hydrogen-bond acceptors (Lipinski definition) is 3. The zero-order valence-corrected chi connectivity index (χ0v) is 10.1. The van der Waals surface area contributed by atoms with E-state index < -0.39 is 0 Å². The smallest absolute Gasteiger partial charge is 0.0702 e. The Bertz CT molecular complexity index is 540. The summed E-state index contributed by atoms with van der Waals surface area (Å²) in [6.07, 6.45) is 1.97. The van der Waals surface area contributed by atoms with Crippen LogP contribution in [0.2, 0.25) is 0 Å². The van der Waals surface area contributed by atoms with Crippen LogP contribution in [-0.4, -0.2) is 28.5 Å². The van der Waals surface area contributed by atoms with Gasteiger partial charge in [-0.2, -0.15) is 0 Å². The molecule has 1 aliphatic rings. The molecule has 3 nitrogen and oxygen atoms in total. The third kappa shape index (κ3) is 2.16. The summed E-state index contributed by atoms with van der Waals surface area (Å²) in [6, 6.07) is 10.4. The first kappa shape index (κ1) is 10.7. The number of benzene rings is 1. The van der Waals surface area contributed by atoms with E-state index in [1.807, 2.05) is 24.4 Å². The topological polar surface area (TPSA) is 42.1 Å². The quantitative estimate of drug-likeness (QED) is 0.850. The molecule has 1 aliphatic heterocycles. The summed E-state index contributed by atoms with van der Waals surface area (Å²) in [5, 5.41) is 1.21. The molecule has 0 unspecified atom stereocenters. The molecular formula is C14H17N3. The van der Waals surface area contributed by atoms with Crippen LogP contribution in [0.15, 0.2) is 36.5 Å². The molecule has 1 saturated heterocycles. The molecule has 0 radical (unpaired) electrons. The van der Waals surface area contributed by atoms with Gasteiger partial charge in [-0.15, -0.1) is 0 Å². The van der Waals surface area contributed by atoms with Crippen LogP contribution in [-0.2, 0) is 6.54 Å². The first-order chi connectivity index (χ1) is 8.12. The Kier molecular flexibility index (Phi) is 2.38. The first-order valence-electron chi connectivity index (χ1n) is 5.97. The summed E-state index contributed by atoms with van der Waals surface area (Å²) in [7, 11) is 0. The van der Waals surface area contributed by atoms with Crippen molar-refractivity contribution in [3.05, 3.63) is 42.1 Å². The monoisotopic (exact) mass is 227 g/mol. The molecule has 0 spiro atoms. The van der Waals surface area contributed by atoms with Gasteiger partial charge in [-0.3, -0.25) is 9.88 Å². The Morgan fingerprint density at radius 2 is 2.12 bits per heavy atom. The van der Waals surface area contributed by atoms with Crippen LogP contribution in [0.1, 0.15) is 12.5 Å². The van der Waals surface area contributed by atoms with Crippen LogP contribution in [0.25, 0.3) is 10.9 Å². The van der Waals surface area contributed by atoms with Gasteiger partial charge in [-0.1, -0.05) is 18.2 Å². The highest BCUT2D eigenvalue weighted by Crippen LogP contribution is 2.21. The standard InChI is InChI=1S/C14H17N3/c1-14(15)9-17(10-14)8-11-6-12-4-2-3-5-13(12)16-7-11/h2-7H,8-10,15H2,1H3. The molecule has 0 atom stereocenters. The zero-order chi connectivity index (χ0) is 11.9. The van der Waals surface area contributed by atoms with Crippen LogP contribution < -0.4 is 5.73 Å². The second-order valence-electron chi connectivity index (χ2n) is 5.34. The Hall–Kier alpha value is -1.45. The van der Waals surface area contributed by atoms with Crippen molar-refractivity contribution in [1.82, 2.24) is 9.88 Å². The fraction of sp³-hybridized carbons (Fsp3) is 0.357. The number of para-hydroxylation sites is 1. The fourth-order valence-corrected chi connectivity index (χ4v) is 2.55. The normalized spacial score (nSPS) is 19.2. The van der Waals surface area contributed by atoms with E-state index in [0.29, 0.717) is 0 Å². The number of pyridine rings is 1. The van der Waals surface area contributed by atoms with Crippen LogP contribution in [0, 0.1) is 0 Å². The lowest BCUT2D eigenvalue weighted by Gasteiger charge is -2.45. The van der Waals surface area contributed by atoms with Crippen LogP contribution in [0.3, 0.4) is 0 Å². The van der Waals surface area contributed by atoms with Gasteiger partial charge in [-0.25, -0.2) is 0 Å². The second-order valence-corrected chi connectivity index (χ2v) is 5.34. The maximum Gasteiger partial charge on any atom is 0.0702 e. The largest absolute Gasteiger partial charge is 0.323 e. The minimum Gasteiger partial charge on any atom is -0.323 e. The molecule has 88 valence electrons. The number of nitrogens with zero attached hydrogens (tertiary/aromatic N) is 2. The number of nitrogens with two attached hydrogens (primary N) is 1. The van der Waals surface area contributed by atoms with Crippen molar-refractivity contribution in [2.45, 2.75) is 19.0 Å². The van der Waals surface area contributed by atoms with Crippen molar-refractivity contribution < 1.29 is 0 Å². The van der Waals surface area contributed by atoms with Gasteiger partial charge < -0.3 is 5.73 Å². The number of hydrogen-bond donors (Lipinski definition) is 1. The SMILES string of the molecule is CC1(N)CN(Cc2cnc3ccccc3c2)C1. The van der Waals surface area contributed by atoms with Gasteiger partial charge in [-0.05, 0) is 24.6 Å². The molecule has 2 heterocycles. The van der Waals surface area contributed by atoms with Crippen LogP contribution in [0.5, 0.6) is 0 Å². The molecule has 0 aliphatic carbocycles. The summed E-state index contributed by atoms with van der Waals surface area (Å²) in [5.74, 6) is 0. The molecular weight excluding hydrogens is 210 g/mol. The molecule has 17 heavy (non-hydrogen) atoms. The maximum atomic E-state index is 6.00. The number of likely N-dealkylation sites (tertiary alicyclic amines) is 1. The third-order valence-electron chi connectivity index (χ3n) is 3.22. The molecule has 2 aromatic rings. The maximum absolute atomic E-state index is 6.00. The van der Waals surface area contributed by atoms with E-state index in [-0.39, 0.29) is 5.54 Å². The lowest BCUT2D eigenvalue weighted by atomic mass is 9.93. The molecule has 0 bridgehead atoms. The van der Waals surface area contributed by atoms with Gasteiger partial charge in [0.25, 0.3) is 0 Å². The van der Waals surface area contributed by atoms with E-state index in [4.69, 9.17) is 5.73 Å². The minimum absolute atomic E-state index is 0.00424. The van der Waals surface area contributed by atoms with Crippen molar-refractivity contribution in [1.29, 1.82) is 0 Å². The third-order valence-corrected chi connectivity index (χ3v) is 3.22. The van der Waals surface area contributed by atoms with Crippen LogP contribution >= 0.6 is 0 Å².